The highest BCUT2D eigenvalue weighted by Gasteiger charge is 2.51. The summed E-state index contributed by atoms with van der Waals surface area (Å²) in [7, 11) is 1.31. The summed E-state index contributed by atoms with van der Waals surface area (Å²) in [6.45, 7) is 1.09. The van der Waals surface area contributed by atoms with E-state index in [1.165, 1.54) is 17.6 Å². The van der Waals surface area contributed by atoms with Crippen LogP contribution < -0.4 is 0 Å². The maximum absolute atomic E-state index is 12.1. The molecule has 0 aromatic heterocycles. The first-order valence-electron chi connectivity index (χ1n) is 7.49. The molecule has 2 aliphatic rings. The molecule has 1 aromatic carbocycles. The topological polar surface area (TPSA) is 70.1 Å². The number of carboxylic acid groups (broad SMARTS) is 1. The van der Waals surface area contributed by atoms with E-state index < -0.39 is 18.1 Å². The Morgan fingerprint density at radius 3 is 2.64 bits per heavy atom. The number of fused-ring (bicyclic) bond motifs is 2. The number of ether oxygens (including phenoxy) is 1. The third-order valence-electron chi connectivity index (χ3n) is 4.69. The van der Waals surface area contributed by atoms with Crippen LogP contribution in [-0.2, 0) is 16.1 Å². The third-order valence-corrected chi connectivity index (χ3v) is 4.69. The van der Waals surface area contributed by atoms with Crippen molar-refractivity contribution in [3.8, 4) is 0 Å². The third kappa shape index (κ3) is 2.54. The van der Waals surface area contributed by atoms with Crippen molar-refractivity contribution in [2.24, 2.45) is 0 Å². The van der Waals surface area contributed by atoms with Crippen LogP contribution in [0.2, 0.25) is 0 Å². The van der Waals surface area contributed by atoms with Crippen molar-refractivity contribution in [3.63, 3.8) is 0 Å². The van der Waals surface area contributed by atoms with Gasteiger partial charge in [-0.25, -0.2) is 9.59 Å². The monoisotopic (exact) mass is 304 g/mol. The molecule has 22 heavy (non-hydrogen) atoms. The number of esters is 1. The molecule has 2 heterocycles. The van der Waals surface area contributed by atoms with Gasteiger partial charge in [-0.2, -0.15) is 0 Å². The molecule has 0 spiro atoms. The maximum Gasteiger partial charge on any atom is 0.408 e. The van der Waals surface area contributed by atoms with Crippen molar-refractivity contribution in [1.29, 1.82) is 0 Å². The molecular weight excluding hydrogens is 284 g/mol. The highest BCUT2D eigenvalue weighted by atomic mass is 16.5. The Hall–Kier alpha value is -2.08. The van der Waals surface area contributed by atoms with Crippen molar-refractivity contribution in [3.05, 3.63) is 35.9 Å². The second kappa shape index (κ2) is 5.96. The van der Waals surface area contributed by atoms with Gasteiger partial charge in [-0.05, 0) is 18.4 Å². The molecule has 6 heteroatoms. The van der Waals surface area contributed by atoms with Crippen LogP contribution in [0.25, 0.3) is 0 Å². The van der Waals surface area contributed by atoms with Gasteiger partial charge in [0.1, 0.15) is 6.04 Å². The number of benzene rings is 1. The summed E-state index contributed by atoms with van der Waals surface area (Å²) in [5.41, 5.74) is 1.17. The van der Waals surface area contributed by atoms with Crippen LogP contribution in [0.5, 0.6) is 0 Å². The minimum absolute atomic E-state index is 0.109. The molecule has 2 fully saturated rings. The number of rotatable bonds is 3. The number of hydrogen-bond acceptors (Lipinski definition) is 4. The van der Waals surface area contributed by atoms with Crippen LogP contribution in [-0.4, -0.2) is 58.7 Å². The predicted octanol–water partition coefficient (Wildman–Crippen LogP) is 1.55. The maximum atomic E-state index is 12.1. The van der Waals surface area contributed by atoms with Crippen molar-refractivity contribution >= 4 is 12.1 Å². The Kier molecular flexibility index (Phi) is 4.02. The van der Waals surface area contributed by atoms with E-state index in [-0.39, 0.29) is 12.1 Å². The average Bonchev–Trinajstić information content (AvgIpc) is 2.79. The summed E-state index contributed by atoms with van der Waals surface area (Å²) in [6, 6.07) is 9.38. The van der Waals surface area contributed by atoms with Gasteiger partial charge in [-0.3, -0.25) is 9.80 Å². The van der Waals surface area contributed by atoms with E-state index in [0.29, 0.717) is 6.54 Å². The summed E-state index contributed by atoms with van der Waals surface area (Å²) in [4.78, 5) is 27.1. The molecule has 3 rings (SSSR count). The van der Waals surface area contributed by atoms with Gasteiger partial charge in [0, 0.05) is 25.2 Å². The molecule has 0 saturated carbocycles. The fourth-order valence-corrected chi connectivity index (χ4v) is 3.69. The molecular formula is C16H20N2O4. The Bertz CT molecular complexity index is 563. The van der Waals surface area contributed by atoms with Gasteiger partial charge in [0.25, 0.3) is 0 Å². The minimum Gasteiger partial charge on any atom is -0.467 e. The number of carbonyl (C=O) groups is 2. The van der Waals surface area contributed by atoms with Crippen LogP contribution in [0, 0.1) is 0 Å². The fraction of sp³-hybridized carbons (Fsp3) is 0.500. The van der Waals surface area contributed by atoms with E-state index in [9.17, 15) is 14.7 Å². The van der Waals surface area contributed by atoms with Gasteiger partial charge >= 0.3 is 12.1 Å². The van der Waals surface area contributed by atoms with Crippen LogP contribution in [0.3, 0.4) is 0 Å². The molecule has 1 N–H and O–H groups in total. The van der Waals surface area contributed by atoms with E-state index in [1.54, 1.807) is 0 Å². The van der Waals surface area contributed by atoms with Crippen molar-refractivity contribution in [2.75, 3.05) is 13.7 Å². The van der Waals surface area contributed by atoms with Gasteiger partial charge in [-0.1, -0.05) is 30.3 Å². The fourth-order valence-electron chi connectivity index (χ4n) is 3.69. The quantitative estimate of drug-likeness (QED) is 0.858. The van der Waals surface area contributed by atoms with Crippen LogP contribution in [0.4, 0.5) is 4.79 Å². The molecule has 2 saturated heterocycles. The molecule has 118 valence electrons. The van der Waals surface area contributed by atoms with E-state index in [2.05, 4.69) is 17.0 Å². The zero-order valence-electron chi connectivity index (χ0n) is 12.5. The van der Waals surface area contributed by atoms with E-state index in [1.807, 2.05) is 18.2 Å². The SMILES string of the molecule is COC(=O)[C@@H]1[C@H]2CC[C@@H](CN1C(=O)O)N2Cc1ccccc1. The Balaban J connectivity index is 1.85. The average molecular weight is 304 g/mol. The standard InChI is InChI=1S/C16H20N2O4/c1-22-15(19)14-13-8-7-12(10-18(14)16(20)21)17(13)9-11-5-3-2-4-6-11/h2-6,12-14H,7-10H2,1H3,(H,20,21)/t12-,13+,14-/m0/s1. The van der Waals surface area contributed by atoms with E-state index >= 15 is 0 Å². The van der Waals surface area contributed by atoms with E-state index in [4.69, 9.17) is 4.74 Å². The number of hydrogen-bond donors (Lipinski definition) is 1. The Morgan fingerprint density at radius 2 is 2.00 bits per heavy atom. The van der Waals surface area contributed by atoms with Gasteiger partial charge in [0.15, 0.2) is 0 Å². The zero-order valence-corrected chi connectivity index (χ0v) is 12.5. The van der Waals surface area contributed by atoms with Gasteiger partial charge in [0.2, 0.25) is 0 Å². The number of amides is 1. The van der Waals surface area contributed by atoms with Gasteiger partial charge in [-0.15, -0.1) is 0 Å². The Labute approximate surface area is 129 Å². The zero-order chi connectivity index (χ0) is 15.7. The first kappa shape index (κ1) is 14.8. The van der Waals surface area contributed by atoms with Gasteiger partial charge in [0.05, 0.1) is 7.11 Å². The highest BCUT2D eigenvalue weighted by molar-refractivity contribution is 5.82. The molecule has 0 aliphatic carbocycles. The first-order chi connectivity index (χ1) is 10.6. The lowest BCUT2D eigenvalue weighted by molar-refractivity contribution is -0.151. The van der Waals surface area contributed by atoms with E-state index in [0.717, 1.165) is 19.4 Å². The summed E-state index contributed by atoms with van der Waals surface area (Å²) < 4.78 is 4.85. The second-order valence-electron chi connectivity index (χ2n) is 5.86. The molecule has 6 nitrogen and oxygen atoms in total. The lowest BCUT2D eigenvalue weighted by atomic mass is 10.0. The first-order valence-corrected chi connectivity index (χ1v) is 7.49. The lowest BCUT2D eigenvalue weighted by Crippen LogP contribution is -2.63. The van der Waals surface area contributed by atoms with Crippen molar-refractivity contribution in [1.82, 2.24) is 9.80 Å². The summed E-state index contributed by atoms with van der Waals surface area (Å²) in [6.07, 6.45) is 0.683. The van der Waals surface area contributed by atoms with Crippen LogP contribution in [0.15, 0.2) is 30.3 Å². The van der Waals surface area contributed by atoms with Crippen molar-refractivity contribution in [2.45, 2.75) is 37.5 Å². The Morgan fingerprint density at radius 1 is 1.27 bits per heavy atom. The van der Waals surface area contributed by atoms with Crippen molar-refractivity contribution < 1.29 is 19.4 Å². The molecule has 2 bridgehead atoms. The molecule has 0 unspecified atom stereocenters. The number of methoxy groups -OCH3 is 1. The second-order valence-corrected chi connectivity index (χ2v) is 5.86. The molecule has 3 atom stereocenters. The highest BCUT2D eigenvalue weighted by Crippen LogP contribution is 2.36. The van der Waals surface area contributed by atoms with Crippen LogP contribution >= 0.6 is 0 Å². The normalized spacial score (nSPS) is 27.7. The molecule has 2 aliphatic heterocycles. The summed E-state index contributed by atoms with van der Waals surface area (Å²) >= 11 is 0. The number of nitrogens with zero attached hydrogens (tertiary/aromatic N) is 2. The molecule has 1 aromatic rings. The largest absolute Gasteiger partial charge is 0.467 e. The molecule has 1 amide bonds. The minimum atomic E-state index is -1.05. The summed E-state index contributed by atoms with van der Waals surface area (Å²) in [5.74, 6) is -0.467. The van der Waals surface area contributed by atoms with Crippen LogP contribution in [0.1, 0.15) is 18.4 Å². The summed E-state index contributed by atoms with van der Waals surface area (Å²) in [5, 5.41) is 9.39. The molecule has 0 radical (unpaired) electrons. The smallest absolute Gasteiger partial charge is 0.408 e. The predicted molar refractivity (Wildman–Crippen MR) is 79.3 cm³/mol. The lowest BCUT2D eigenvalue weighted by Gasteiger charge is -2.44. The number of piperazine rings is 1. The number of carbonyl (C=O) groups excluding carboxylic acids is 1. The number of likely N-dealkylation sites (tertiary alicyclic amines) is 1. The van der Waals surface area contributed by atoms with Gasteiger partial charge < -0.3 is 9.84 Å².